The van der Waals surface area contributed by atoms with Gasteiger partial charge in [-0.05, 0) is 30.2 Å². The van der Waals surface area contributed by atoms with Crippen molar-refractivity contribution < 1.29 is 33.4 Å². The maximum absolute atomic E-state index is 12.1. The second kappa shape index (κ2) is 9.81. The molecule has 1 saturated heterocycles. The maximum Gasteiger partial charge on any atom is 0.338 e. The molecule has 2 rings (SSSR count). The number of benzene rings is 1. The average molecular weight is 404 g/mol. The van der Waals surface area contributed by atoms with Crippen molar-refractivity contribution in [2.45, 2.75) is 39.2 Å². The van der Waals surface area contributed by atoms with Crippen molar-refractivity contribution in [3.8, 4) is 0 Å². The van der Waals surface area contributed by atoms with Crippen LogP contribution in [0, 0.1) is 5.92 Å². The molecule has 0 radical (unpaired) electrons. The SMILES string of the molecule is CC[C@@H](C)[C@H](NC(=O)COC(=O)c1ccc(N2C(=O)CCC2=O)cc1)C(=O)OC. The largest absolute Gasteiger partial charge is 0.467 e. The Balaban J connectivity index is 1.93. The van der Waals surface area contributed by atoms with Gasteiger partial charge in [0, 0.05) is 12.8 Å². The summed E-state index contributed by atoms with van der Waals surface area (Å²) in [6.45, 7) is 3.11. The molecule has 0 saturated carbocycles. The van der Waals surface area contributed by atoms with E-state index in [0.29, 0.717) is 12.1 Å². The minimum atomic E-state index is -0.828. The van der Waals surface area contributed by atoms with Crippen molar-refractivity contribution >= 4 is 35.3 Å². The fourth-order valence-electron chi connectivity index (χ4n) is 2.84. The van der Waals surface area contributed by atoms with Crippen molar-refractivity contribution in [2.75, 3.05) is 18.6 Å². The van der Waals surface area contributed by atoms with Crippen LogP contribution in [0.1, 0.15) is 43.5 Å². The van der Waals surface area contributed by atoms with Gasteiger partial charge in [-0.15, -0.1) is 0 Å². The number of methoxy groups -OCH3 is 1. The summed E-state index contributed by atoms with van der Waals surface area (Å²) in [6.07, 6.45) is 0.982. The van der Waals surface area contributed by atoms with E-state index in [4.69, 9.17) is 4.74 Å². The van der Waals surface area contributed by atoms with E-state index in [-0.39, 0.29) is 36.1 Å². The van der Waals surface area contributed by atoms with Gasteiger partial charge >= 0.3 is 11.9 Å². The normalized spacial score (nSPS) is 15.6. The number of hydrogen-bond donors (Lipinski definition) is 1. The third kappa shape index (κ3) is 5.40. The molecule has 1 aromatic carbocycles. The van der Waals surface area contributed by atoms with Gasteiger partial charge in [-0.3, -0.25) is 19.3 Å². The van der Waals surface area contributed by atoms with Crippen LogP contribution in [0.25, 0.3) is 0 Å². The van der Waals surface area contributed by atoms with Gasteiger partial charge in [0.15, 0.2) is 6.61 Å². The Labute approximate surface area is 168 Å². The molecule has 1 fully saturated rings. The van der Waals surface area contributed by atoms with Gasteiger partial charge in [0.1, 0.15) is 6.04 Å². The van der Waals surface area contributed by atoms with Crippen LogP contribution in [-0.4, -0.2) is 49.4 Å². The van der Waals surface area contributed by atoms with Crippen molar-refractivity contribution in [1.29, 1.82) is 0 Å². The molecule has 1 aromatic rings. The number of amides is 3. The van der Waals surface area contributed by atoms with Crippen molar-refractivity contribution in [1.82, 2.24) is 5.32 Å². The second-order valence-corrected chi connectivity index (χ2v) is 6.70. The van der Waals surface area contributed by atoms with Crippen LogP contribution in [0.4, 0.5) is 5.69 Å². The fourth-order valence-corrected chi connectivity index (χ4v) is 2.84. The van der Waals surface area contributed by atoms with Gasteiger partial charge < -0.3 is 14.8 Å². The highest BCUT2D eigenvalue weighted by Crippen LogP contribution is 2.23. The van der Waals surface area contributed by atoms with E-state index in [9.17, 15) is 24.0 Å². The molecule has 1 aliphatic heterocycles. The first-order valence-corrected chi connectivity index (χ1v) is 9.28. The molecule has 9 nitrogen and oxygen atoms in total. The summed E-state index contributed by atoms with van der Waals surface area (Å²) in [5, 5.41) is 2.51. The molecule has 1 N–H and O–H groups in total. The van der Waals surface area contributed by atoms with Gasteiger partial charge in [0.05, 0.1) is 18.4 Å². The van der Waals surface area contributed by atoms with Gasteiger partial charge in [0.25, 0.3) is 5.91 Å². The van der Waals surface area contributed by atoms with Crippen LogP contribution >= 0.6 is 0 Å². The van der Waals surface area contributed by atoms with Crippen LogP contribution in [-0.2, 0) is 28.7 Å². The number of carbonyl (C=O) groups excluding carboxylic acids is 5. The maximum atomic E-state index is 12.1. The number of anilines is 1. The molecule has 29 heavy (non-hydrogen) atoms. The van der Waals surface area contributed by atoms with Gasteiger partial charge in [-0.25, -0.2) is 9.59 Å². The Bertz CT molecular complexity index is 788. The topological polar surface area (TPSA) is 119 Å². The van der Waals surface area contributed by atoms with Crippen LogP contribution < -0.4 is 10.2 Å². The van der Waals surface area contributed by atoms with Crippen LogP contribution in [0.5, 0.6) is 0 Å². The second-order valence-electron chi connectivity index (χ2n) is 6.70. The first kappa shape index (κ1) is 22.1. The lowest BCUT2D eigenvalue weighted by atomic mass is 9.99. The minimum Gasteiger partial charge on any atom is -0.467 e. The van der Waals surface area contributed by atoms with Crippen LogP contribution in [0.3, 0.4) is 0 Å². The molecule has 1 heterocycles. The lowest BCUT2D eigenvalue weighted by molar-refractivity contribution is -0.147. The molecule has 2 atom stereocenters. The Morgan fingerprint density at radius 2 is 1.69 bits per heavy atom. The molecular weight excluding hydrogens is 380 g/mol. The third-order valence-corrected chi connectivity index (χ3v) is 4.73. The summed E-state index contributed by atoms with van der Waals surface area (Å²) in [5.74, 6) is -2.67. The van der Waals surface area contributed by atoms with Crippen molar-refractivity contribution in [3.63, 3.8) is 0 Å². The lowest BCUT2D eigenvalue weighted by Gasteiger charge is -2.21. The van der Waals surface area contributed by atoms with E-state index in [1.54, 1.807) is 6.92 Å². The van der Waals surface area contributed by atoms with Crippen molar-refractivity contribution in [2.24, 2.45) is 5.92 Å². The summed E-state index contributed by atoms with van der Waals surface area (Å²) < 4.78 is 9.66. The number of nitrogens with one attached hydrogen (secondary N) is 1. The number of rotatable bonds is 8. The summed E-state index contributed by atoms with van der Waals surface area (Å²) in [5.41, 5.74) is 0.536. The molecule has 3 amide bonds. The summed E-state index contributed by atoms with van der Waals surface area (Å²) in [7, 11) is 1.23. The van der Waals surface area contributed by atoms with E-state index in [2.05, 4.69) is 10.1 Å². The predicted octanol–water partition coefficient (Wildman–Crippen LogP) is 1.20. The molecule has 0 aromatic heterocycles. The number of hydrogen-bond acceptors (Lipinski definition) is 7. The summed E-state index contributed by atoms with van der Waals surface area (Å²) >= 11 is 0. The smallest absolute Gasteiger partial charge is 0.338 e. The Morgan fingerprint density at radius 3 is 2.21 bits per heavy atom. The zero-order valence-corrected chi connectivity index (χ0v) is 16.6. The third-order valence-electron chi connectivity index (χ3n) is 4.73. The number of carbonyl (C=O) groups is 5. The Hall–Kier alpha value is -3.23. The quantitative estimate of drug-likeness (QED) is 0.511. The first-order chi connectivity index (χ1) is 13.8. The molecule has 0 aliphatic carbocycles. The average Bonchev–Trinajstić information content (AvgIpc) is 3.07. The van der Waals surface area contributed by atoms with Gasteiger partial charge in [0.2, 0.25) is 11.8 Å². The summed E-state index contributed by atoms with van der Waals surface area (Å²) in [6, 6.07) is 4.92. The van der Waals surface area contributed by atoms with Crippen LogP contribution in [0.15, 0.2) is 24.3 Å². The van der Waals surface area contributed by atoms with Gasteiger partial charge in [-0.2, -0.15) is 0 Å². The van der Waals surface area contributed by atoms with Crippen molar-refractivity contribution in [3.05, 3.63) is 29.8 Å². The summed E-state index contributed by atoms with van der Waals surface area (Å²) in [4.78, 5) is 60.5. The standard InChI is InChI=1S/C20H24N2O7/c1-4-12(2)18(20(27)28-3)21-15(23)11-29-19(26)13-5-7-14(8-6-13)22-16(24)9-10-17(22)25/h5-8,12,18H,4,9-11H2,1-3H3,(H,21,23)/t12-,18+/m1/s1. The zero-order valence-electron chi connectivity index (χ0n) is 16.6. The molecule has 9 heteroatoms. The number of esters is 2. The molecule has 156 valence electrons. The minimum absolute atomic E-state index is 0.148. The van der Waals surface area contributed by atoms with E-state index < -0.39 is 30.5 Å². The monoisotopic (exact) mass is 404 g/mol. The molecule has 1 aliphatic rings. The fraction of sp³-hybridized carbons (Fsp3) is 0.450. The van der Waals surface area contributed by atoms with Crippen LogP contribution in [0.2, 0.25) is 0 Å². The number of imide groups is 1. The molecule has 0 spiro atoms. The van der Waals surface area contributed by atoms with E-state index in [1.165, 1.54) is 31.4 Å². The van der Waals surface area contributed by atoms with E-state index in [1.807, 2.05) is 6.92 Å². The lowest BCUT2D eigenvalue weighted by Crippen LogP contribution is -2.47. The highest BCUT2D eigenvalue weighted by molar-refractivity contribution is 6.19. The first-order valence-electron chi connectivity index (χ1n) is 9.28. The highest BCUT2D eigenvalue weighted by atomic mass is 16.5. The zero-order chi connectivity index (χ0) is 21.6. The highest BCUT2D eigenvalue weighted by Gasteiger charge is 2.30. The molecule has 0 bridgehead atoms. The van der Waals surface area contributed by atoms with Gasteiger partial charge in [-0.1, -0.05) is 20.3 Å². The Kier molecular flexibility index (Phi) is 7.46. The molecule has 0 unspecified atom stereocenters. The van der Waals surface area contributed by atoms with E-state index in [0.717, 1.165) is 4.90 Å². The molecular formula is C20H24N2O7. The van der Waals surface area contributed by atoms with E-state index >= 15 is 0 Å². The Morgan fingerprint density at radius 1 is 1.10 bits per heavy atom. The number of ether oxygens (including phenoxy) is 2. The number of nitrogens with zero attached hydrogens (tertiary/aromatic N) is 1. The predicted molar refractivity (Wildman–Crippen MR) is 102 cm³/mol.